The molecule has 1 aromatic carbocycles. The first-order valence-corrected chi connectivity index (χ1v) is 7.29. The van der Waals surface area contributed by atoms with Gasteiger partial charge in [0.2, 0.25) is 0 Å². The molecule has 108 valence electrons. The van der Waals surface area contributed by atoms with Crippen molar-refractivity contribution in [3.63, 3.8) is 0 Å². The minimum absolute atomic E-state index is 0.424. The molecule has 0 fully saturated rings. The summed E-state index contributed by atoms with van der Waals surface area (Å²) in [7, 11) is 0. The van der Waals surface area contributed by atoms with Crippen LogP contribution in [0.15, 0.2) is 42.6 Å². The molecule has 6 heteroatoms. The van der Waals surface area contributed by atoms with E-state index < -0.39 is 0 Å². The second kappa shape index (κ2) is 5.03. The van der Waals surface area contributed by atoms with Crippen LogP contribution in [-0.4, -0.2) is 24.8 Å². The molecule has 0 spiro atoms. The van der Waals surface area contributed by atoms with Gasteiger partial charge in [-0.15, -0.1) is 10.2 Å². The number of hydrogen-bond acceptors (Lipinski definition) is 4. The Labute approximate surface area is 131 Å². The molecule has 0 aliphatic heterocycles. The normalized spacial score (nSPS) is 11.4. The Kier molecular flexibility index (Phi) is 3.01. The second-order valence-electron chi connectivity index (χ2n) is 5.19. The SMILES string of the molecule is Cc1cc2ncccc2cc1Cc1nnc2ccc(Cl)nn12. The molecule has 0 aliphatic carbocycles. The Bertz CT molecular complexity index is 992. The van der Waals surface area contributed by atoms with E-state index in [2.05, 4.69) is 45.4 Å². The van der Waals surface area contributed by atoms with Crippen LogP contribution in [0.2, 0.25) is 5.15 Å². The number of benzene rings is 1. The molecule has 0 N–H and O–H groups in total. The number of halogens is 1. The van der Waals surface area contributed by atoms with Crippen molar-refractivity contribution in [2.24, 2.45) is 0 Å². The molecule has 0 atom stereocenters. The van der Waals surface area contributed by atoms with E-state index in [9.17, 15) is 0 Å². The molecule has 0 saturated carbocycles. The smallest absolute Gasteiger partial charge is 0.178 e. The molecule has 0 unspecified atom stereocenters. The van der Waals surface area contributed by atoms with E-state index in [4.69, 9.17) is 11.6 Å². The van der Waals surface area contributed by atoms with Gasteiger partial charge in [0.15, 0.2) is 11.5 Å². The highest BCUT2D eigenvalue weighted by molar-refractivity contribution is 6.29. The highest BCUT2D eigenvalue weighted by atomic mass is 35.5. The second-order valence-corrected chi connectivity index (χ2v) is 5.58. The lowest BCUT2D eigenvalue weighted by molar-refractivity contribution is 0.836. The van der Waals surface area contributed by atoms with Gasteiger partial charge in [-0.1, -0.05) is 17.7 Å². The van der Waals surface area contributed by atoms with Crippen LogP contribution in [0.4, 0.5) is 0 Å². The lowest BCUT2D eigenvalue weighted by Crippen LogP contribution is -2.01. The molecular formula is C16H12ClN5. The number of pyridine rings is 1. The van der Waals surface area contributed by atoms with Crippen molar-refractivity contribution in [3.05, 3.63) is 64.7 Å². The third-order valence-corrected chi connectivity index (χ3v) is 3.91. The summed E-state index contributed by atoms with van der Waals surface area (Å²) in [5.74, 6) is 0.767. The van der Waals surface area contributed by atoms with Gasteiger partial charge in [0.05, 0.1) is 5.52 Å². The molecule has 4 aromatic rings. The highest BCUT2D eigenvalue weighted by Crippen LogP contribution is 2.20. The zero-order valence-corrected chi connectivity index (χ0v) is 12.6. The molecule has 0 bridgehead atoms. The van der Waals surface area contributed by atoms with Crippen LogP contribution in [0.25, 0.3) is 16.6 Å². The van der Waals surface area contributed by atoms with E-state index in [-0.39, 0.29) is 0 Å². The van der Waals surface area contributed by atoms with Crippen LogP contribution >= 0.6 is 11.6 Å². The average Bonchev–Trinajstić information content (AvgIpc) is 2.90. The standard InChI is InChI=1S/C16H12ClN5/c1-10-7-13-11(3-2-6-18-13)8-12(10)9-16-20-19-15-5-4-14(17)21-22(15)16/h2-8H,9H2,1H3. The van der Waals surface area contributed by atoms with Crippen LogP contribution in [0.1, 0.15) is 17.0 Å². The fraction of sp³-hybridized carbons (Fsp3) is 0.125. The lowest BCUT2D eigenvalue weighted by atomic mass is 10.0. The Hall–Kier alpha value is -2.53. The minimum Gasteiger partial charge on any atom is -0.256 e. The molecule has 0 amide bonds. The molecule has 0 saturated heterocycles. The van der Waals surface area contributed by atoms with Gasteiger partial charge < -0.3 is 0 Å². The summed E-state index contributed by atoms with van der Waals surface area (Å²) in [6, 6.07) is 11.8. The summed E-state index contributed by atoms with van der Waals surface area (Å²) in [4.78, 5) is 4.38. The van der Waals surface area contributed by atoms with Crippen molar-refractivity contribution in [1.29, 1.82) is 0 Å². The Morgan fingerprint density at radius 1 is 1.14 bits per heavy atom. The number of rotatable bonds is 2. The first kappa shape index (κ1) is 13.2. The van der Waals surface area contributed by atoms with Gasteiger partial charge in [-0.05, 0) is 48.4 Å². The third-order valence-electron chi connectivity index (χ3n) is 3.70. The summed E-state index contributed by atoms with van der Waals surface area (Å²) in [5.41, 5.74) is 4.04. The van der Waals surface area contributed by atoms with Gasteiger partial charge in [0, 0.05) is 18.0 Å². The number of hydrogen-bond donors (Lipinski definition) is 0. The van der Waals surface area contributed by atoms with Gasteiger partial charge in [0.1, 0.15) is 5.15 Å². The van der Waals surface area contributed by atoms with Gasteiger partial charge in [-0.3, -0.25) is 4.98 Å². The van der Waals surface area contributed by atoms with Crippen LogP contribution in [-0.2, 0) is 6.42 Å². The van der Waals surface area contributed by atoms with E-state index in [1.54, 1.807) is 16.8 Å². The fourth-order valence-corrected chi connectivity index (χ4v) is 2.69. The van der Waals surface area contributed by atoms with Crippen molar-refractivity contribution < 1.29 is 0 Å². The highest BCUT2D eigenvalue weighted by Gasteiger charge is 2.10. The average molecular weight is 310 g/mol. The zero-order chi connectivity index (χ0) is 15.1. The van der Waals surface area contributed by atoms with Crippen molar-refractivity contribution in [2.75, 3.05) is 0 Å². The monoisotopic (exact) mass is 309 g/mol. The molecule has 3 heterocycles. The molecule has 3 aromatic heterocycles. The lowest BCUT2D eigenvalue weighted by Gasteiger charge is -2.07. The van der Waals surface area contributed by atoms with Gasteiger partial charge >= 0.3 is 0 Å². The molecule has 0 radical (unpaired) electrons. The molecule has 0 aliphatic rings. The van der Waals surface area contributed by atoms with Gasteiger partial charge in [-0.2, -0.15) is 9.61 Å². The predicted octanol–water partition coefficient (Wildman–Crippen LogP) is 3.23. The predicted molar refractivity (Wildman–Crippen MR) is 85.1 cm³/mol. The number of fused-ring (bicyclic) bond motifs is 2. The summed E-state index contributed by atoms with van der Waals surface area (Å²) in [6.45, 7) is 2.08. The number of aromatic nitrogens is 5. The van der Waals surface area contributed by atoms with E-state index >= 15 is 0 Å². The third kappa shape index (κ3) is 2.19. The Balaban J connectivity index is 1.82. The zero-order valence-electron chi connectivity index (χ0n) is 11.9. The summed E-state index contributed by atoms with van der Waals surface area (Å²) in [5, 5.41) is 14.2. The van der Waals surface area contributed by atoms with Crippen molar-refractivity contribution >= 4 is 28.2 Å². The first-order valence-electron chi connectivity index (χ1n) is 6.92. The maximum Gasteiger partial charge on any atom is 0.178 e. The van der Waals surface area contributed by atoms with E-state index in [0.29, 0.717) is 17.2 Å². The van der Waals surface area contributed by atoms with Crippen molar-refractivity contribution in [3.8, 4) is 0 Å². The summed E-state index contributed by atoms with van der Waals surface area (Å²) < 4.78 is 1.69. The topological polar surface area (TPSA) is 56.0 Å². The quantitative estimate of drug-likeness (QED) is 0.570. The number of nitrogens with zero attached hydrogens (tertiary/aromatic N) is 5. The first-order chi connectivity index (χ1) is 10.7. The van der Waals surface area contributed by atoms with Gasteiger partial charge in [0.25, 0.3) is 0 Å². The van der Waals surface area contributed by atoms with Crippen LogP contribution < -0.4 is 0 Å². The van der Waals surface area contributed by atoms with Crippen LogP contribution in [0.5, 0.6) is 0 Å². The Morgan fingerprint density at radius 3 is 2.95 bits per heavy atom. The maximum absolute atomic E-state index is 5.96. The van der Waals surface area contributed by atoms with Gasteiger partial charge in [-0.25, -0.2) is 0 Å². The molecular weight excluding hydrogens is 298 g/mol. The largest absolute Gasteiger partial charge is 0.256 e. The van der Waals surface area contributed by atoms with E-state index in [1.807, 2.05) is 12.1 Å². The Morgan fingerprint density at radius 2 is 2.05 bits per heavy atom. The minimum atomic E-state index is 0.424. The molecule has 5 nitrogen and oxygen atoms in total. The molecule has 4 rings (SSSR count). The number of aryl methyl sites for hydroxylation is 1. The van der Waals surface area contributed by atoms with E-state index in [1.165, 1.54) is 11.1 Å². The summed E-state index contributed by atoms with van der Waals surface area (Å²) in [6.07, 6.45) is 2.45. The van der Waals surface area contributed by atoms with Crippen molar-refractivity contribution in [1.82, 2.24) is 24.8 Å². The molecule has 22 heavy (non-hydrogen) atoms. The summed E-state index contributed by atoms with van der Waals surface area (Å²) >= 11 is 5.96. The van der Waals surface area contributed by atoms with E-state index in [0.717, 1.165) is 16.7 Å². The fourth-order valence-electron chi connectivity index (χ4n) is 2.55. The van der Waals surface area contributed by atoms with Crippen molar-refractivity contribution in [2.45, 2.75) is 13.3 Å². The van der Waals surface area contributed by atoms with Crippen LogP contribution in [0, 0.1) is 6.92 Å². The maximum atomic E-state index is 5.96. The van der Waals surface area contributed by atoms with Crippen LogP contribution in [0.3, 0.4) is 0 Å².